The van der Waals surface area contributed by atoms with Gasteiger partial charge in [-0.05, 0) is 45.6 Å². The second-order valence-corrected chi connectivity index (χ2v) is 6.40. The molecule has 1 unspecified atom stereocenters. The van der Waals surface area contributed by atoms with E-state index in [0.717, 1.165) is 63.5 Å². The molecule has 1 aliphatic heterocycles. The van der Waals surface area contributed by atoms with E-state index in [1.807, 2.05) is 13.8 Å². The molecule has 1 amide bonds. The first-order valence-corrected chi connectivity index (χ1v) is 8.67. The zero-order valence-electron chi connectivity index (χ0n) is 14.7. The van der Waals surface area contributed by atoms with Crippen molar-refractivity contribution in [3.63, 3.8) is 0 Å². The second kappa shape index (κ2) is 9.03. The topological polar surface area (TPSA) is 70.2 Å². The number of H-pyrrole nitrogens is 1. The lowest BCUT2D eigenvalue weighted by atomic mass is 10.1. The maximum atomic E-state index is 12.0. The molecule has 0 radical (unpaired) electrons. The monoisotopic (exact) mass is 322 g/mol. The van der Waals surface area contributed by atoms with Gasteiger partial charge in [0.05, 0.1) is 18.9 Å². The van der Waals surface area contributed by atoms with Crippen LogP contribution in [0.1, 0.15) is 43.1 Å². The third-order valence-corrected chi connectivity index (χ3v) is 4.66. The summed E-state index contributed by atoms with van der Waals surface area (Å²) < 4.78 is 5.36. The van der Waals surface area contributed by atoms with E-state index in [-0.39, 0.29) is 5.91 Å². The van der Waals surface area contributed by atoms with Crippen LogP contribution in [-0.2, 0) is 16.0 Å². The molecule has 1 atom stereocenters. The molecule has 2 N–H and O–H groups in total. The summed E-state index contributed by atoms with van der Waals surface area (Å²) in [4.78, 5) is 14.4. The zero-order valence-corrected chi connectivity index (χ0v) is 14.7. The van der Waals surface area contributed by atoms with Gasteiger partial charge in [-0.25, -0.2) is 0 Å². The van der Waals surface area contributed by atoms with Crippen molar-refractivity contribution in [2.24, 2.45) is 0 Å². The van der Waals surface area contributed by atoms with Gasteiger partial charge in [0, 0.05) is 37.8 Å². The van der Waals surface area contributed by atoms with E-state index in [0.29, 0.717) is 12.5 Å². The molecule has 0 bridgehead atoms. The number of hydrogen-bond donors (Lipinski definition) is 2. The highest BCUT2D eigenvalue weighted by Gasteiger charge is 2.17. The number of morpholine rings is 1. The highest BCUT2D eigenvalue weighted by atomic mass is 16.5. The van der Waals surface area contributed by atoms with Gasteiger partial charge in [-0.2, -0.15) is 5.10 Å². The van der Waals surface area contributed by atoms with Gasteiger partial charge >= 0.3 is 0 Å². The van der Waals surface area contributed by atoms with E-state index in [4.69, 9.17) is 4.74 Å². The summed E-state index contributed by atoms with van der Waals surface area (Å²) in [5.41, 5.74) is 3.47. The quantitative estimate of drug-likeness (QED) is 0.713. The molecular weight excluding hydrogens is 292 g/mol. The minimum atomic E-state index is 0.158. The highest BCUT2D eigenvalue weighted by molar-refractivity contribution is 5.75. The molecule has 0 spiro atoms. The van der Waals surface area contributed by atoms with Crippen molar-refractivity contribution >= 4 is 5.91 Å². The SMILES string of the molecule is Cc1n[nH]c(C)c1CCCNC(=O)CCC(C)N1CCOCC1. The fourth-order valence-corrected chi connectivity index (χ4v) is 3.06. The number of hydrogen-bond acceptors (Lipinski definition) is 4. The summed E-state index contributed by atoms with van der Waals surface area (Å²) in [5, 5.41) is 10.2. The Morgan fingerprint density at radius 2 is 2.13 bits per heavy atom. The van der Waals surface area contributed by atoms with E-state index in [2.05, 4.69) is 27.3 Å². The molecule has 2 heterocycles. The fraction of sp³-hybridized carbons (Fsp3) is 0.765. The summed E-state index contributed by atoms with van der Waals surface area (Å²) in [6.45, 7) is 10.6. The lowest BCUT2D eigenvalue weighted by Gasteiger charge is -2.32. The highest BCUT2D eigenvalue weighted by Crippen LogP contribution is 2.11. The number of nitrogens with zero attached hydrogens (tertiary/aromatic N) is 2. The van der Waals surface area contributed by atoms with Crippen molar-refractivity contribution in [2.45, 2.75) is 52.5 Å². The number of aryl methyl sites for hydroxylation is 2. The molecule has 1 aliphatic rings. The molecule has 1 fully saturated rings. The van der Waals surface area contributed by atoms with Crippen molar-refractivity contribution in [3.8, 4) is 0 Å². The van der Waals surface area contributed by atoms with Crippen LogP contribution in [0.5, 0.6) is 0 Å². The van der Waals surface area contributed by atoms with Gasteiger partial charge in [-0.1, -0.05) is 0 Å². The van der Waals surface area contributed by atoms with E-state index < -0.39 is 0 Å². The Morgan fingerprint density at radius 3 is 2.78 bits per heavy atom. The predicted molar refractivity (Wildman–Crippen MR) is 90.5 cm³/mol. The first-order valence-electron chi connectivity index (χ1n) is 8.67. The third kappa shape index (κ3) is 5.62. The maximum absolute atomic E-state index is 12.0. The summed E-state index contributed by atoms with van der Waals surface area (Å²) in [6, 6.07) is 0.445. The van der Waals surface area contributed by atoms with Gasteiger partial charge in [-0.3, -0.25) is 14.8 Å². The molecule has 1 aromatic heterocycles. The molecule has 2 rings (SSSR count). The van der Waals surface area contributed by atoms with Crippen molar-refractivity contribution in [1.82, 2.24) is 20.4 Å². The number of carbonyl (C=O) groups is 1. The molecule has 1 saturated heterocycles. The van der Waals surface area contributed by atoms with Crippen molar-refractivity contribution in [3.05, 3.63) is 17.0 Å². The smallest absolute Gasteiger partial charge is 0.220 e. The number of ether oxygens (including phenoxy) is 1. The molecule has 0 aromatic carbocycles. The van der Waals surface area contributed by atoms with Gasteiger partial charge in [-0.15, -0.1) is 0 Å². The predicted octanol–water partition coefficient (Wildman–Crippen LogP) is 1.58. The Hall–Kier alpha value is -1.40. The van der Waals surface area contributed by atoms with E-state index in [1.54, 1.807) is 0 Å². The van der Waals surface area contributed by atoms with Crippen LogP contribution in [-0.4, -0.2) is 59.9 Å². The number of aromatic nitrogens is 2. The molecular formula is C17H30N4O2. The minimum absolute atomic E-state index is 0.158. The lowest BCUT2D eigenvalue weighted by Crippen LogP contribution is -2.42. The maximum Gasteiger partial charge on any atom is 0.220 e. The number of carbonyl (C=O) groups excluding carboxylic acids is 1. The average molecular weight is 322 g/mol. The van der Waals surface area contributed by atoms with Crippen LogP contribution < -0.4 is 5.32 Å². The summed E-state index contributed by atoms with van der Waals surface area (Å²) >= 11 is 0. The standard InChI is InChI=1S/C17H30N4O2/c1-13(21-9-11-23-12-10-21)6-7-17(22)18-8-4-5-16-14(2)19-20-15(16)3/h13H,4-12H2,1-3H3,(H,18,22)(H,19,20). The Balaban J connectivity index is 1.58. The van der Waals surface area contributed by atoms with E-state index in [9.17, 15) is 4.79 Å². The second-order valence-electron chi connectivity index (χ2n) is 6.40. The number of aromatic amines is 1. The average Bonchev–Trinajstić information content (AvgIpc) is 2.89. The molecule has 1 aromatic rings. The van der Waals surface area contributed by atoms with Crippen molar-refractivity contribution in [2.75, 3.05) is 32.8 Å². The number of amides is 1. The summed E-state index contributed by atoms with van der Waals surface area (Å²) in [5.74, 6) is 0.158. The Bertz CT molecular complexity index is 475. The number of rotatable bonds is 8. The van der Waals surface area contributed by atoms with Gasteiger partial charge in [0.1, 0.15) is 0 Å². The molecule has 6 nitrogen and oxygen atoms in total. The minimum Gasteiger partial charge on any atom is -0.379 e. The largest absolute Gasteiger partial charge is 0.379 e. The molecule has 23 heavy (non-hydrogen) atoms. The molecule has 6 heteroatoms. The van der Waals surface area contributed by atoms with Crippen LogP contribution in [0.3, 0.4) is 0 Å². The third-order valence-electron chi connectivity index (χ3n) is 4.66. The van der Waals surface area contributed by atoms with Crippen LogP contribution >= 0.6 is 0 Å². The van der Waals surface area contributed by atoms with Crippen LogP contribution in [0.15, 0.2) is 0 Å². The summed E-state index contributed by atoms with van der Waals surface area (Å²) in [7, 11) is 0. The van der Waals surface area contributed by atoms with E-state index in [1.165, 1.54) is 5.56 Å². The fourth-order valence-electron chi connectivity index (χ4n) is 3.06. The zero-order chi connectivity index (χ0) is 16.7. The first-order chi connectivity index (χ1) is 11.1. The first kappa shape index (κ1) is 17.9. The van der Waals surface area contributed by atoms with Crippen molar-refractivity contribution < 1.29 is 9.53 Å². The lowest BCUT2D eigenvalue weighted by molar-refractivity contribution is -0.121. The van der Waals surface area contributed by atoms with Crippen LogP contribution in [0.25, 0.3) is 0 Å². The van der Waals surface area contributed by atoms with Crippen LogP contribution in [0, 0.1) is 13.8 Å². The van der Waals surface area contributed by atoms with Crippen LogP contribution in [0.4, 0.5) is 0 Å². The Labute approximate surface area is 139 Å². The molecule has 130 valence electrons. The normalized spacial score (nSPS) is 17.2. The van der Waals surface area contributed by atoms with Gasteiger partial charge in [0.2, 0.25) is 5.91 Å². The van der Waals surface area contributed by atoms with Gasteiger partial charge in [0.15, 0.2) is 0 Å². The van der Waals surface area contributed by atoms with E-state index >= 15 is 0 Å². The molecule has 0 saturated carbocycles. The Morgan fingerprint density at radius 1 is 1.39 bits per heavy atom. The molecule has 0 aliphatic carbocycles. The Kier molecular flexibility index (Phi) is 7.05. The van der Waals surface area contributed by atoms with Gasteiger partial charge in [0.25, 0.3) is 0 Å². The van der Waals surface area contributed by atoms with Crippen molar-refractivity contribution in [1.29, 1.82) is 0 Å². The summed E-state index contributed by atoms with van der Waals surface area (Å²) in [6.07, 6.45) is 3.42. The van der Waals surface area contributed by atoms with Gasteiger partial charge < -0.3 is 10.1 Å². The number of nitrogens with one attached hydrogen (secondary N) is 2. The van der Waals surface area contributed by atoms with Crippen LogP contribution in [0.2, 0.25) is 0 Å².